The van der Waals surface area contributed by atoms with Crippen molar-refractivity contribution in [2.45, 2.75) is 43.2 Å². The lowest BCUT2D eigenvalue weighted by Gasteiger charge is -2.26. The van der Waals surface area contributed by atoms with Crippen molar-refractivity contribution in [3.8, 4) is 16.3 Å². The molecule has 0 N–H and O–H groups in total. The number of aromatic nitrogens is 1. The molecule has 6 rings (SSSR count). The van der Waals surface area contributed by atoms with E-state index in [2.05, 4.69) is 6.07 Å². The van der Waals surface area contributed by atoms with Gasteiger partial charge in [-0.25, -0.2) is 18.3 Å². The van der Waals surface area contributed by atoms with E-state index in [9.17, 15) is 18.0 Å². The van der Waals surface area contributed by atoms with E-state index >= 15 is 0 Å². The van der Waals surface area contributed by atoms with Crippen molar-refractivity contribution in [2.75, 3.05) is 12.0 Å². The Morgan fingerprint density at radius 1 is 1.00 bits per heavy atom. The smallest absolute Gasteiger partial charge is 0.252 e. The van der Waals surface area contributed by atoms with Crippen LogP contribution in [0.25, 0.3) is 20.8 Å². The molecule has 3 aromatic carbocycles. The van der Waals surface area contributed by atoms with E-state index in [1.54, 1.807) is 35.6 Å². The number of carbonyl (C=O) groups is 2. The number of carbonyl (C=O) groups excluding carboxylic acids is 2. The Morgan fingerprint density at radius 3 is 2.37 bits per heavy atom. The first-order valence-electron chi connectivity index (χ1n) is 12.3. The lowest BCUT2D eigenvalue weighted by molar-refractivity contribution is -0.122. The fraction of sp³-hybridized carbons (Fsp3) is 0.250. The number of benzene rings is 3. The number of methoxy groups -OCH3 is 1. The number of ether oxygens (including phenoxy) is 1. The number of nitrogens with zero attached hydrogens (tertiary/aromatic N) is 3. The zero-order chi connectivity index (χ0) is 26.6. The topological polar surface area (TPSA) is 96.9 Å². The number of hydrogen-bond acceptors (Lipinski definition) is 7. The van der Waals surface area contributed by atoms with E-state index in [1.165, 1.54) is 23.5 Å². The highest BCUT2D eigenvalue weighted by Crippen LogP contribution is 2.39. The van der Waals surface area contributed by atoms with Gasteiger partial charge in [0.15, 0.2) is 0 Å². The Morgan fingerprint density at radius 2 is 1.71 bits per heavy atom. The molecule has 194 valence electrons. The Labute approximate surface area is 224 Å². The standard InChI is InChI=1S/C28H25N3O5S2/c1-17-3-14-23-25(15-17)37-27(29-23)18-4-6-19(7-5-18)30-26(32)16-24(28(30)33)31(20-8-9-20)38(34,35)22-12-10-21(36-2)11-13-22/h3-7,10-15,20,24H,8-9,16H2,1-2H3. The summed E-state index contributed by atoms with van der Waals surface area (Å²) in [7, 11) is -2.49. The first-order chi connectivity index (χ1) is 18.3. The molecule has 1 saturated heterocycles. The van der Waals surface area contributed by atoms with Crippen molar-refractivity contribution in [1.29, 1.82) is 0 Å². The monoisotopic (exact) mass is 547 g/mol. The van der Waals surface area contributed by atoms with Crippen molar-refractivity contribution in [3.63, 3.8) is 0 Å². The summed E-state index contributed by atoms with van der Waals surface area (Å²) in [6.45, 7) is 2.04. The van der Waals surface area contributed by atoms with Crippen LogP contribution >= 0.6 is 11.3 Å². The van der Waals surface area contributed by atoms with Crippen LogP contribution in [0, 0.1) is 6.92 Å². The first kappa shape index (κ1) is 24.7. The van der Waals surface area contributed by atoms with Gasteiger partial charge in [-0.3, -0.25) is 9.59 Å². The highest BCUT2D eigenvalue weighted by Gasteiger charge is 2.51. The van der Waals surface area contributed by atoms with Crippen LogP contribution in [-0.4, -0.2) is 48.7 Å². The van der Waals surface area contributed by atoms with E-state index in [4.69, 9.17) is 9.72 Å². The summed E-state index contributed by atoms with van der Waals surface area (Å²) in [6, 6.07) is 17.9. The lowest BCUT2D eigenvalue weighted by atomic mass is 10.2. The van der Waals surface area contributed by atoms with Crippen LogP contribution in [0.2, 0.25) is 0 Å². The summed E-state index contributed by atoms with van der Waals surface area (Å²) in [5.41, 5.74) is 3.38. The molecule has 2 aliphatic rings. The molecule has 1 unspecified atom stereocenters. The fourth-order valence-electron chi connectivity index (χ4n) is 4.81. The number of fused-ring (bicyclic) bond motifs is 1. The zero-order valence-corrected chi connectivity index (χ0v) is 22.5. The molecule has 1 aliphatic carbocycles. The van der Waals surface area contributed by atoms with E-state index in [0.29, 0.717) is 24.3 Å². The summed E-state index contributed by atoms with van der Waals surface area (Å²) in [6.07, 6.45) is 1.12. The second kappa shape index (κ2) is 9.30. The van der Waals surface area contributed by atoms with Gasteiger partial charge in [0.1, 0.15) is 16.8 Å². The molecular weight excluding hydrogens is 522 g/mol. The van der Waals surface area contributed by atoms with Crippen molar-refractivity contribution in [1.82, 2.24) is 9.29 Å². The SMILES string of the molecule is COc1ccc(S(=O)(=O)N(C2CC2)C2CC(=O)N(c3ccc(-c4nc5ccc(C)cc5s4)cc3)C2=O)cc1. The average Bonchev–Trinajstić information content (AvgIpc) is 3.58. The lowest BCUT2D eigenvalue weighted by Crippen LogP contribution is -2.46. The molecular formula is C28H25N3O5S2. The molecule has 8 nitrogen and oxygen atoms in total. The van der Waals surface area contributed by atoms with Crippen LogP contribution in [-0.2, 0) is 19.6 Å². The molecule has 10 heteroatoms. The number of imide groups is 1. The van der Waals surface area contributed by atoms with Gasteiger partial charge in [0.25, 0.3) is 5.91 Å². The van der Waals surface area contributed by atoms with Crippen molar-refractivity contribution in [2.24, 2.45) is 0 Å². The van der Waals surface area contributed by atoms with Crippen molar-refractivity contribution in [3.05, 3.63) is 72.3 Å². The van der Waals surface area contributed by atoms with Gasteiger partial charge in [-0.15, -0.1) is 11.3 Å². The summed E-state index contributed by atoms with van der Waals surface area (Å²) in [5.74, 6) is -0.411. The highest BCUT2D eigenvalue weighted by atomic mass is 32.2. The molecule has 1 atom stereocenters. The molecule has 2 amide bonds. The van der Waals surface area contributed by atoms with Crippen LogP contribution < -0.4 is 9.64 Å². The Kier molecular flexibility index (Phi) is 6.05. The third kappa shape index (κ3) is 4.28. The minimum Gasteiger partial charge on any atom is -0.497 e. The van der Waals surface area contributed by atoms with Gasteiger partial charge in [-0.2, -0.15) is 4.31 Å². The van der Waals surface area contributed by atoms with Crippen LogP contribution in [0.4, 0.5) is 5.69 Å². The summed E-state index contributed by atoms with van der Waals surface area (Å²) in [4.78, 5) is 32.5. The summed E-state index contributed by atoms with van der Waals surface area (Å²) in [5, 5.41) is 0.847. The summed E-state index contributed by atoms with van der Waals surface area (Å²) < 4.78 is 34.6. The predicted molar refractivity (Wildman–Crippen MR) is 146 cm³/mol. The normalized spacial score (nSPS) is 18.1. The molecule has 2 fully saturated rings. The van der Waals surface area contributed by atoms with E-state index in [-0.39, 0.29) is 17.4 Å². The van der Waals surface area contributed by atoms with Crippen molar-refractivity contribution >= 4 is 49.1 Å². The minimum absolute atomic E-state index is 0.0688. The Hall–Kier alpha value is -3.60. The third-order valence-electron chi connectivity index (χ3n) is 6.89. The van der Waals surface area contributed by atoms with Gasteiger partial charge in [-0.05, 0) is 86.0 Å². The zero-order valence-electron chi connectivity index (χ0n) is 20.8. The minimum atomic E-state index is -4.00. The maximum absolute atomic E-state index is 13.6. The van der Waals surface area contributed by atoms with Gasteiger partial charge in [0.05, 0.1) is 34.3 Å². The first-order valence-corrected chi connectivity index (χ1v) is 14.5. The number of thiazole rings is 1. The number of hydrogen-bond donors (Lipinski definition) is 0. The Bertz CT molecular complexity index is 1660. The van der Waals surface area contributed by atoms with E-state index in [1.807, 2.05) is 31.2 Å². The Balaban J connectivity index is 1.27. The number of rotatable bonds is 7. The van der Waals surface area contributed by atoms with Crippen molar-refractivity contribution < 1.29 is 22.7 Å². The van der Waals surface area contributed by atoms with E-state index < -0.39 is 27.9 Å². The van der Waals surface area contributed by atoms with Crippen LogP contribution in [0.15, 0.2) is 71.6 Å². The molecule has 0 bridgehead atoms. The highest BCUT2D eigenvalue weighted by molar-refractivity contribution is 7.89. The number of anilines is 1. The number of sulfonamides is 1. The largest absolute Gasteiger partial charge is 0.497 e. The van der Waals surface area contributed by atoms with Crippen LogP contribution in [0.3, 0.4) is 0 Å². The van der Waals surface area contributed by atoms with Crippen LogP contribution in [0.1, 0.15) is 24.8 Å². The fourth-order valence-corrected chi connectivity index (χ4v) is 7.71. The quantitative estimate of drug-likeness (QED) is 0.310. The predicted octanol–water partition coefficient (Wildman–Crippen LogP) is 4.77. The third-order valence-corrected chi connectivity index (χ3v) is 9.93. The molecule has 0 spiro atoms. The molecule has 2 heterocycles. The molecule has 38 heavy (non-hydrogen) atoms. The van der Waals surface area contributed by atoms with Gasteiger partial charge in [0.2, 0.25) is 15.9 Å². The van der Waals surface area contributed by atoms with Gasteiger partial charge in [0, 0.05) is 11.6 Å². The molecule has 1 aliphatic heterocycles. The maximum Gasteiger partial charge on any atom is 0.252 e. The average molecular weight is 548 g/mol. The second-order valence-corrected chi connectivity index (χ2v) is 12.4. The second-order valence-electron chi connectivity index (χ2n) is 9.57. The molecule has 1 aromatic heterocycles. The van der Waals surface area contributed by atoms with Gasteiger partial charge in [-0.1, -0.05) is 6.07 Å². The number of amides is 2. The van der Waals surface area contributed by atoms with Crippen LogP contribution in [0.5, 0.6) is 5.75 Å². The molecule has 1 saturated carbocycles. The van der Waals surface area contributed by atoms with E-state index in [0.717, 1.165) is 31.3 Å². The summed E-state index contributed by atoms with van der Waals surface area (Å²) >= 11 is 1.58. The maximum atomic E-state index is 13.6. The van der Waals surface area contributed by atoms with Gasteiger partial charge < -0.3 is 4.74 Å². The van der Waals surface area contributed by atoms with Gasteiger partial charge >= 0.3 is 0 Å². The number of aryl methyl sites for hydroxylation is 1. The molecule has 0 radical (unpaired) electrons. The molecule has 4 aromatic rings.